The van der Waals surface area contributed by atoms with Gasteiger partial charge in [0.1, 0.15) is 0 Å². The third-order valence-corrected chi connectivity index (χ3v) is 5.95. The lowest BCUT2D eigenvalue weighted by atomic mass is 9.80. The Morgan fingerprint density at radius 3 is 2.55 bits per heavy atom. The Morgan fingerprint density at radius 2 is 1.90 bits per heavy atom. The predicted octanol–water partition coefficient (Wildman–Crippen LogP) is 5.14. The number of halogens is 3. The Hall–Kier alpha value is 0.130. The van der Waals surface area contributed by atoms with E-state index in [0.29, 0.717) is 17.4 Å². The van der Waals surface area contributed by atoms with Crippen LogP contribution in [0.5, 0.6) is 0 Å². The number of amides is 1. The number of carbonyl (C=O) groups excluding carboxylic acids is 1. The van der Waals surface area contributed by atoms with E-state index in [-0.39, 0.29) is 5.91 Å². The maximum Gasteiger partial charge on any atom is 0.252 e. The number of hydrogen-bond donors (Lipinski definition) is 1. The molecule has 2 atom stereocenters. The number of hydrogen-bond acceptors (Lipinski definition) is 1. The van der Waals surface area contributed by atoms with E-state index in [9.17, 15) is 4.79 Å². The third-order valence-electron chi connectivity index (χ3n) is 3.97. The fraction of sp³-hybridized carbons (Fsp3) is 0.533. The van der Waals surface area contributed by atoms with Crippen molar-refractivity contribution < 1.29 is 4.79 Å². The molecule has 0 aliphatic heterocycles. The second-order valence-corrected chi connectivity index (χ2v) is 7.71. The van der Waals surface area contributed by atoms with Crippen molar-refractivity contribution in [1.82, 2.24) is 5.32 Å². The van der Waals surface area contributed by atoms with Crippen LogP contribution in [0.25, 0.3) is 0 Å². The van der Waals surface area contributed by atoms with E-state index < -0.39 is 0 Å². The van der Waals surface area contributed by atoms with Crippen LogP contribution in [0.3, 0.4) is 0 Å². The molecule has 0 spiro atoms. The summed E-state index contributed by atoms with van der Waals surface area (Å²) in [6.07, 6.45) is 5.09. The van der Waals surface area contributed by atoms with Crippen molar-refractivity contribution in [3.05, 3.63) is 32.7 Å². The molecule has 1 N–H and O–H groups in total. The SMILES string of the molecule is O=C(NCC1CCCCC1CBr)c1ccc(Br)cc1Br. The lowest BCUT2D eigenvalue weighted by Gasteiger charge is -2.30. The number of benzene rings is 1. The van der Waals surface area contributed by atoms with E-state index in [4.69, 9.17) is 0 Å². The van der Waals surface area contributed by atoms with Crippen molar-refractivity contribution in [2.45, 2.75) is 25.7 Å². The van der Waals surface area contributed by atoms with E-state index in [0.717, 1.165) is 20.8 Å². The highest BCUT2D eigenvalue weighted by molar-refractivity contribution is 9.11. The standard InChI is InChI=1S/C15H18Br3NO/c16-8-10-3-1-2-4-11(10)9-19-15(20)13-6-5-12(17)7-14(13)18/h5-7,10-11H,1-4,8-9H2,(H,19,20). The minimum absolute atomic E-state index is 0.00303. The zero-order chi connectivity index (χ0) is 14.5. The van der Waals surface area contributed by atoms with Crippen LogP contribution in [0.1, 0.15) is 36.0 Å². The van der Waals surface area contributed by atoms with Gasteiger partial charge in [-0.3, -0.25) is 4.79 Å². The molecular weight excluding hydrogens is 450 g/mol. The molecule has 1 aliphatic rings. The van der Waals surface area contributed by atoms with Crippen molar-refractivity contribution in [3.63, 3.8) is 0 Å². The van der Waals surface area contributed by atoms with Crippen LogP contribution in [0, 0.1) is 11.8 Å². The molecule has 1 saturated carbocycles. The topological polar surface area (TPSA) is 29.1 Å². The summed E-state index contributed by atoms with van der Waals surface area (Å²) in [6.45, 7) is 0.775. The van der Waals surface area contributed by atoms with Gasteiger partial charge in [0.05, 0.1) is 5.56 Å². The Morgan fingerprint density at radius 1 is 1.20 bits per heavy atom. The fourth-order valence-electron chi connectivity index (χ4n) is 2.75. The van der Waals surface area contributed by atoms with Crippen molar-refractivity contribution in [2.24, 2.45) is 11.8 Å². The number of carbonyl (C=O) groups is 1. The van der Waals surface area contributed by atoms with Crippen LogP contribution in [0.2, 0.25) is 0 Å². The summed E-state index contributed by atoms with van der Waals surface area (Å²) < 4.78 is 1.79. The molecule has 1 fully saturated rings. The Bertz CT molecular complexity index is 478. The van der Waals surface area contributed by atoms with Gasteiger partial charge >= 0.3 is 0 Å². The van der Waals surface area contributed by atoms with Gasteiger partial charge in [0.2, 0.25) is 0 Å². The summed E-state index contributed by atoms with van der Waals surface area (Å²) >= 11 is 10.4. The molecule has 0 radical (unpaired) electrons. The highest BCUT2D eigenvalue weighted by atomic mass is 79.9. The first-order chi connectivity index (χ1) is 9.61. The first-order valence-corrected chi connectivity index (χ1v) is 9.61. The zero-order valence-electron chi connectivity index (χ0n) is 11.2. The molecule has 110 valence electrons. The van der Waals surface area contributed by atoms with Gasteiger partial charge in [0.25, 0.3) is 5.91 Å². The molecule has 2 nitrogen and oxygen atoms in total. The summed E-state index contributed by atoms with van der Waals surface area (Å²) in [4.78, 5) is 12.2. The molecule has 5 heteroatoms. The third kappa shape index (κ3) is 4.31. The van der Waals surface area contributed by atoms with Crippen LogP contribution in [0.15, 0.2) is 27.1 Å². The van der Waals surface area contributed by atoms with Crippen LogP contribution >= 0.6 is 47.8 Å². The van der Waals surface area contributed by atoms with Crippen LogP contribution in [0.4, 0.5) is 0 Å². The molecule has 0 heterocycles. The van der Waals surface area contributed by atoms with E-state index in [1.54, 1.807) is 0 Å². The van der Waals surface area contributed by atoms with E-state index in [2.05, 4.69) is 53.1 Å². The minimum Gasteiger partial charge on any atom is -0.352 e. The lowest BCUT2D eigenvalue weighted by molar-refractivity contribution is 0.0936. The average molecular weight is 468 g/mol. The van der Waals surface area contributed by atoms with Gasteiger partial charge in [-0.15, -0.1) is 0 Å². The van der Waals surface area contributed by atoms with Gasteiger partial charge in [-0.05, 0) is 58.8 Å². The van der Waals surface area contributed by atoms with Gasteiger partial charge in [0, 0.05) is 20.8 Å². The molecule has 2 rings (SSSR count). The van der Waals surface area contributed by atoms with Crippen LogP contribution in [-0.4, -0.2) is 17.8 Å². The van der Waals surface area contributed by atoms with Gasteiger partial charge in [-0.2, -0.15) is 0 Å². The summed E-state index contributed by atoms with van der Waals surface area (Å²) in [5.41, 5.74) is 0.694. The predicted molar refractivity (Wildman–Crippen MR) is 93.4 cm³/mol. The van der Waals surface area contributed by atoms with E-state index in [1.165, 1.54) is 25.7 Å². The summed E-state index contributed by atoms with van der Waals surface area (Å²) in [5, 5.41) is 4.13. The number of rotatable bonds is 4. The molecule has 1 amide bonds. The van der Waals surface area contributed by atoms with Crippen molar-refractivity contribution in [1.29, 1.82) is 0 Å². The number of nitrogens with one attached hydrogen (secondary N) is 1. The fourth-order valence-corrected chi connectivity index (χ4v) is 4.83. The van der Waals surface area contributed by atoms with Crippen molar-refractivity contribution in [3.8, 4) is 0 Å². The molecule has 0 saturated heterocycles. The molecule has 0 aromatic heterocycles. The first kappa shape index (κ1) is 16.5. The monoisotopic (exact) mass is 465 g/mol. The highest BCUT2D eigenvalue weighted by Gasteiger charge is 2.24. The minimum atomic E-state index is 0.00303. The number of alkyl halides is 1. The maximum atomic E-state index is 12.2. The van der Waals surface area contributed by atoms with Gasteiger partial charge < -0.3 is 5.32 Å². The van der Waals surface area contributed by atoms with Crippen LogP contribution in [-0.2, 0) is 0 Å². The lowest BCUT2D eigenvalue weighted by Crippen LogP contribution is -2.35. The Balaban J connectivity index is 1.94. The van der Waals surface area contributed by atoms with Gasteiger partial charge in [0.15, 0.2) is 0 Å². The van der Waals surface area contributed by atoms with Gasteiger partial charge in [-0.1, -0.05) is 44.7 Å². The van der Waals surface area contributed by atoms with Crippen molar-refractivity contribution in [2.75, 3.05) is 11.9 Å². The molecule has 1 aromatic rings. The zero-order valence-corrected chi connectivity index (χ0v) is 15.9. The normalized spacial score (nSPS) is 22.6. The summed E-state index contributed by atoms with van der Waals surface area (Å²) in [7, 11) is 0. The maximum absolute atomic E-state index is 12.2. The molecule has 0 bridgehead atoms. The molecule has 2 unspecified atom stereocenters. The highest BCUT2D eigenvalue weighted by Crippen LogP contribution is 2.31. The molecular formula is C15H18Br3NO. The quantitative estimate of drug-likeness (QED) is 0.610. The Labute approximate surface area is 145 Å². The largest absolute Gasteiger partial charge is 0.352 e. The molecule has 20 heavy (non-hydrogen) atoms. The second kappa shape index (κ2) is 7.95. The molecule has 1 aromatic carbocycles. The Kier molecular flexibility index (Phi) is 6.56. The van der Waals surface area contributed by atoms with Crippen molar-refractivity contribution >= 4 is 53.7 Å². The second-order valence-electron chi connectivity index (χ2n) is 5.29. The van der Waals surface area contributed by atoms with Gasteiger partial charge in [-0.25, -0.2) is 0 Å². The van der Waals surface area contributed by atoms with E-state index in [1.807, 2.05) is 18.2 Å². The molecule has 1 aliphatic carbocycles. The van der Waals surface area contributed by atoms with Crippen LogP contribution < -0.4 is 5.32 Å². The average Bonchev–Trinajstić information content (AvgIpc) is 2.45. The summed E-state index contributed by atoms with van der Waals surface area (Å²) in [6, 6.07) is 5.63. The summed E-state index contributed by atoms with van der Waals surface area (Å²) in [5.74, 6) is 1.29. The first-order valence-electron chi connectivity index (χ1n) is 6.91. The smallest absolute Gasteiger partial charge is 0.252 e. The van der Waals surface area contributed by atoms with E-state index >= 15 is 0 Å².